The van der Waals surface area contributed by atoms with Crippen LogP contribution in [0.1, 0.15) is 25.7 Å². The summed E-state index contributed by atoms with van der Waals surface area (Å²) in [7, 11) is 2.21. The first kappa shape index (κ1) is 12.2. The second-order valence-corrected chi connectivity index (χ2v) is 6.01. The molecule has 18 heavy (non-hydrogen) atoms. The summed E-state index contributed by atoms with van der Waals surface area (Å²) in [5.41, 5.74) is 5.84. The summed E-state index contributed by atoms with van der Waals surface area (Å²) in [6, 6.07) is 1.33. The Balaban J connectivity index is 1.66. The molecular weight excluding hydrogens is 226 g/mol. The molecule has 2 saturated heterocycles. The van der Waals surface area contributed by atoms with Crippen molar-refractivity contribution >= 4 is 5.91 Å². The van der Waals surface area contributed by atoms with Gasteiger partial charge in [0.05, 0.1) is 5.92 Å². The molecule has 4 heteroatoms. The summed E-state index contributed by atoms with van der Waals surface area (Å²) in [6.45, 7) is 1.83. The van der Waals surface area contributed by atoms with Crippen LogP contribution in [0.15, 0.2) is 12.2 Å². The summed E-state index contributed by atoms with van der Waals surface area (Å²) < 4.78 is 0. The fourth-order valence-corrected chi connectivity index (χ4v) is 3.65. The topological polar surface area (TPSA) is 49.6 Å². The lowest BCUT2D eigenvalue weighted by Crippen LogP contribution is -2.42. The van der Waals surface area contributed by atoms with Crippen LogP contribution in [-0.2, 0) is 4.79 Å². The molecule has 4 atom stereocenters. The zero-order valence-electron chi connectivity index (χ0n) is 11.1. The monoisotopic (exact) mass is 249 g/mol. The molecule has 0 aromatic rings. The molecule has 0 saturated carbocycles. The highest BCUT2D eigenvalue weighted by Gasteiger charge is 2.37. The van der Waals surface area contributed by atoms with E-state index in [9.17, 15) is 4.79 Å². The van der Waals surface area contributed by atoms with Crippen molar-refractivity contribution in [3.05, 3.63) is 12.2 Å². The number of carbonyl (C=O) groups excluding carboxylic acids is 1. The summed E-state index contributed by atoms with van der Waals surface area (Å²) in [4.78, 5) is 17.0. The first-order valence-corrected chi connectivity index (χ1v) is 7.10. The van der Waals surface area contributed by atoms with E-state index in [-0.39, 0.29) is 12.0 Å². The largest absolute Gasteiger partial charge is 0.341 e. The zero-order valence-corrected chi connectivity index (χ0v) is 11.1. The molecule has 0 aromatic heterocycles. The predicted molar refractivity (Wildman–Crippen MR) is 71.0 cm³/mol. The van der Waals surface area contributed by atoms with E-state index in [0.29, 0.717) is 18.0 Å². The maximum Gasteiger partial charge on any atom is 0.229 e. The number of hydrogen-bond acceptors (Lipinski definition) is 3. The van der Waals surface area contributed by atoms with Crippen molar-refractivity contribution < 1.29 is 4.79 Å². The molecule has 0 radical (unpaired) electrons. The summed E-state index contributed by atoms with van der Waals surface area (Å²) in [6.07, 6.45) is 8.43. The molecule has 2 heterocycles. The van der Waals surface area contributed by atoms with E-state index in [2.05, 4.69) is 16.8 Å². The van der Waals surface area contributed by atoms with Gasteiger partial charge in [-0.15, -0.1) is 0 Å². The van der Waals surface area contributed by atoms with Gasteiger partial charge in [-0.3, -0.25) is 9.69 Å². The highest BCUT2D eigenvalue weighted by Crippen LogP contribution is 2.30. The number of hydrogen-bond donors (Lipinski definition) is 1. The van der Waals surface area contributed by atoms with Gasteiger partial charge in [-0.1, -0.05) is 12.2 Å². The molecule has 3 rings (SSSR count). The number of carbonyl (C=O) groups is 1. The number of rotatable bonds is 1. The minimum absolute atomic E-state index is 0.0296. The molecule has 4 nitrogen and oxygen atoms in total. The van der Waals surface area contributed by atoms with Gasteiger partial charge in [0.2, 0.25) is 5.91 Å². The van der Waals surface area contributed by atoms with E-state index in [4.69, 9.17) is 5.73 Å². The zero-order chi connectivity index (χ0) is 12.7. The molecule has 100 valence electrons. The fraction of sp³-hybridized carbons (Fsp3) is 0.786. The van der Waals surface area contributed by atoms with Crippen LogP contribution in [0.4, 0.5) is 0 Å². The van der Waals surface area contributed by atoms with Gasteiger partial charge in [0.25, 0.3) is 0 Å². The minimum Gasteiger partial charge on any atom is -0.341 e. The molecule has 2 bridgehead atoms. The first-order valence-electron chi connectivity index (χ1n) is 7.10. The smallest absolute Gasteiger partial charge is 0.229 e. The minimum atomic E-state index is 0.0296. The Kier molecular flexibility index (Phi) is 3.16. The quantitative estimate of drug-likeness (QED) is 0.692. The first-order chi connectivity index (χ1) is 8.65. The Bertz CT molecular complexity index is 368. The number of likely N-dealkylation sites (N-methyl/N-ethyl adjacent to an activating group) is 1. The van der Waals surface area contributed by atoms with Crippen LogP contribution in [0.5, 0.6) is 0 Å². The van der Waals surface area contributed by atoms with Gasteiger partial charge >= 0.3 is 0 Å². The van der Waals surface area contributed by atoms with Gasteiger partial charge in [-0.25, -0.2) is 0 Å². The van der Waals surface area contributed by atoms with Gasteiger partial charge in [-0.2, -0.15) is 0 Å². The van der Waals surface area contributed by atoms with Gasteiger partial charge in [0, 0.05) is 31.2 Å². The molecular formula is C14H23N3O. The second kappa shape index (κ2) is 4.67. The van der Waals surface area contributed by atoms with Crippen LogP contribution < -0.4 is 5.73 Å². The fourth-order valence-electron chi connectivity index (χ4n) is 3.65. The van der Waals surface area contributed by atoms with Crippen molar-refractivity contribution in [2.75, 3.05) is 20.1 Å². The normalized spacial score (nSPS) is 40.2. The van der Waals surface area contributed by atoms with Crippen molar-refractivity contribution in [2.24, 2.45) is 11.7 Å². The average molecular weight is 249 g/mol. The highest BCUT2D eigenvalue weighted by atomic mass is 16.2. The summed E-state index contributed by atoms with van der Waals surface area (Å²) >= 11 is 0. The Morgan fingerprint density at radius 1 is 1.22 bits per heavy atom. The third-order valence-corrected chi connectivity index (χ3v) is 4.89. The maximum atomic E-state index is 12.5. The average Bonchev–Trinajstić information content (AvgIpc) is 2.84. The lowest BCUT2D eigenvalue weighted by atomic mass is 10.0. The van der Waals surface area contributed by atoms with E-state index in [0.717, 1.165) is 25.9 Å². The molecule has 3 aliphatic rings. The van der Waals surface area contributed by atoms with Gasteiger partial charge in [0.1, 0.15) is 0 Å². The van der Waals surface area contributed by atoms with Crippen LogP contribution >= 0.6 is 0 Å². The Labute approximate surface area is 109 Å². The molecule has 0 aromatic carbocycles. The van der Waals surface area contributed by atoms with Crippen LogP contribution in [-0.4, -0.2) is 54.0 Å². The van der Waals surface area contributed by atoms with E-state index >= 15 is 0 Å². The SMILES string of the molecule is CN1C2CCC1CN(C(=O)C1C=CC(N)C1)CC2. The number of fused-ring (bicyclic) bond motifs is 2. The molecule has 2 aliphatic heterocycles. The second-order valence-electron chi connectivity index (χ2n) is 6.01. The molecule has 2 fully saturated rings. The third-order valence-electron chi connectivity index (χ3n) is 4.89. The van der Waals surface area contributed by atoms with Gasteiger partial charge in [-0.05, 0) is 32.7 Å². The van der Waals surface area contributed by atoms with Crippen LogP contribution in [0.2, 0.25) is 0 Å². The van der Waals surface area contributed by atoms with Crippen LogP contribution in [0.3, 0.4) is 0 Å². The number of amides is 1. The lowest BCUT2D eigenvalue weighted by molar-refractivity contribution is -0.134. The predicted octanol–water partition coefficient (Wildman–Crippen LogP) is 0.585. The van der Waals surface area contributed by atoms with E-state index in [1.165, 1.54) is 12.8 Å². The van der Waals surface area contributed by atoms with Crippen molar-refractivity contribution in [3.63, 3.8) is 0 Å². The van der Waals surface area contributed by atoms with Crippen molar-refractivity contribution in [1.82, 2.24) is 9.80 Å². The Morgan fingerprint density at radius 2 is 2.00 bits per heavy atom. The third kappa shape index (κ3) is 2.08. The van der Waals surface area contributed by atoms with Crippen LogP contribution in [0.25, 0.3) is 0 Å². The van der Waals surface area contributed by atoms with Crippen molar-refractivity contribution in [2.45, 2.75) is 43.8 Å². The summed E-state index contributed by atoms with van der Waals surface area (Å²) in [5, 5.41) is 0. The van der Waals surface area contributed by atoms with E-state index < -0.39 is 0 Å². The number of nitrogens with zero attached hydrogens (tertiary/aromatic N) is 2. The maximum absolute atomic E-state index is 12.5. The summed E-state index contributed by atoms with van der Waals surface area (Å²) in [5.74, 6) is 0.321. The van der Waals surface area contributed by atoms with Crippen molar-refractivity contribution in [3.8, 4) is 0 Å². The van der Waals surface area contributed by atoms with Crippen molar-refractivity contribution in [1.29, 1.82) is 0 Å². The number of nitrogens with two attached hydrogens (primary N) is 1. The van der Waals surface area contributed by atoms with Gasteiger partial charge in [0.15, 0.2) is 0 Å². The lowest BCUT2D eigenvalue weighted by Gasteiger charge is -2.27. The molecule has 4 unspecified atom stereocenters. The van der Waals surface area contributed by atoms with Gasteiger partial charge < -0.3 is 10.6 Å². The van der Waals surface area contributed by atoms with E-state index in [1.54, 1.807) is 0 Å². The highest BCUT2D eigenvalue weighted by molar-refractivity contribution is 5.81. The Hall–Kier alpha value is -0.870. The standard InChI is InChI=1S/C14H23N3O/c1-16-12-4-5-13(16)9-17(7-6-12)14(18)10-2-3-11(15)8-10/h2-3,10-13H,4-9,15H2,1H3. The molecule has 2 N–H and O–H groups in total. The molecule has 1 amide bonds. The Morgan fingerprint density at radius 3 is 2.72 bits per heavy atom. The van der Waals surface area contributed by atoms with Crippen LogP contribution in [0, 0.1) is 5.92 Å². The van der Waals surface area contributed by atoms with E-state index in [1.807, 2.05) is 12.2 Å². The molecule has 0 spiro atoms. The number of likely N-dealkylation sites (tertiary alicyclic amines) is 1. The molecule has 1 aliphatic carbocycles.